The summed E-state index contributed by atoms with van der Waals surface area (Å²) in [6.07, 6.45) is 1.94. The number of aliphatic hydroxyl groups is 1. The minimum atomic E-state index is -3.55. The topological polar surface area (TPSA) is 84.2 Å². The third kappa shape index (κ3) is 3.95. The van der Waals surface area contributed by atoms with Crippen LogP contribution in [0.3, 0.4) is 0 Å². The van der Waals surface area contributed by atoms with Crippen molar-refractivity contribution in [2.45, 2.75) is 37.5 Å². The van der Waals surface area contributed by atoms with E-state index in [0.29, 0.717) is 24.5 Å². The summed E-state index contributed by atoms with van der Waals surface area (Å²) >= 11 is 1.60. The van der Waals surface area contributed by atoms with Crippen molar-refractivity contribution in [3.63, 3.8) is 0 Å². The summed E-state index contributed by atoms with van der Waals surface area (Å²) in [6, 6.07) is 0. The number of aryl methyl sites for hydroxylation is 1. The quantitative estimate of drug-likeness (QED) is 0.767. The number of hydrogen-bond donors (Lipinski definition) is 2. The van der Waals surface area contributed by atoms with Crippen molar-refractivity contribution in [1.29, 1.82) is 0 Å². The maximum absolute atomic E-state index is 12.3. The maximum Gasteiger partial charge on any atom is 0.244 e. The molecular formula is C11H21N3O3S2. The molecule has 0 saturated heterocycles. The second-order valence-corrected chi connectivity index (χ2v) is 7.32. The molecule has 1 unspecified atom stereocenters. The SMILES string of the molecule is CSC(C)CNS(=O)(=O)c1c(C)nn(CCO)c1C. The molecule has 0 bridgehead atoms. The van der Waals surface area contributed by atoms with Crippen molar-refractivity contribution < 1.29 is 13.5 Å². The smallest absolute Gasteiger partial charge is 0.244 e. The molecule has 2 N–H and O–H groups in total. The van der Waals surface area contributed by atoms with Crippen LogP contribution in [0.15, 0.2) is 4.90 Å². The molecule has 6 nitrogen and oxygen atoms in total. The number of sulfonamides is 1. The lowest BCUT2D eigenvalue weighted by Crippen LogP contribution is -2.30. The van der Waals surface area contributed by atoms with Crippen LogP contribution < -0.4 is 4.72 Å². The van der Waals surface area contributed by atoms with Crippen LogP contribution >= 0.6 is 11.8 Å². The second-order valence-electron chi connectivity index (χ2n) is 4.34. The lowest BCUT2D eigenvalue weighted by atomic mass is 10.4. The van der Waals surface area contributed by atoms with E-state index in [1.165, 1.54) is 4.68 Å². The van der Waals surface area contributed by atoms with E-state index in [1.54, 1.807) is 25.6 Å². The van der Waals surface area contributed by atoms with Gasteiger partial charge in [0.25, 0.3) is 0 Å². The van der Waals surface area contributed by atoms with Gasteiger partial charge in [0.05, 0.1) is 24.5 Å². The average molecular weight is 307 g/mol. The first-order chi connectivity index (χ1) is 8.83. The predicted octanol–water partition coefficient (Wildman–Crippen LogP) is 0.522. The minimum Gasteiger partial charge on any atom is -0.394 e. The molecule has 0 aliphatic heterocycles. The van der Waals surface area contributed by atoms with Gasteiger partial charge in [0.1, 0.15) is 4.90 Å². The lowest BCUT2D eigenvalue weighted by Gasteiger charge is -2.11. The van der Waals surface area contributed by atoms with Crippen LogP contribution in [0.1, 0.15) is 18.3 Å². The van der Waals surface area contributed by atoms with Crippen LogP contribution in [-0.4, -0.2) is 48.0 Å². The van der Waals surface area contributed by atoms with Crippen molar-refractivity contribution in [3.8, 4) is 0 Å². The summed E-state index contributed by atoms with van der Waals surface area (Å²) in [5.74, 6) is 0. The molecule has 0 aliphatic carbocycles. The van der Waals surface area contributed by atoms with Crippen LogP contribution in [-0.2, 0) is 16.6 Å². The van der Waals surface area contributed by atoms with Crippen LogP contribution in [0, 0.1) is 13.8 Å². The number of nitrogens with zero attached hydrogens (tertiary/aromatic N) is 2. The molecule has 1 aromatic rings. The van der Waals surface area contributed by atoms with Gasteiger partial charge in [-0.3, -0.25) is 4.68 Å². The van der Waals surface area contributed by atoms with Gasteiger partial charge in [0.15, 0.2) is 0 Å². The van der Waals surface area contributed by atoms with Gasteiger partial charge in [0, 0.05) is 11.8 Å². The number of aliphatic hydroxyl groups excluding tert-OH is 1. The van der Waals surface area contributed by atoms with E-state index in [9.17, 15) is 8.42 Å². The number of aromatic nitrogens is 2. The summed E-state index contributed by atoms with van der Waals surface area (Å²) in [7, 11) is -3.55. The summed E-state index contributed by atoms with van der Waals surface area (Å²) in [4.78, 5) is 0.217. The Balaban J connectivity index is 3.01. The highest BCUT2D eigenvalue weighted by Gasteiger charge is 2.24. The van der Waals surface area contributed by atoms with E-state index < -0.39 is 10.0 Å². The van der Waals surface area contributed by atoms with Crippen molar-refractivity contribution in [2.24, 2.45) is 0 Å². The third-order valence-corrected chi connectivity index (χ3v) is 5.51. The van der Waals surface area contributed by atoms with Crippen molar-refractivity contribution in [2.75, 3.05) is 19.4 Å². The Morgan fingerprint density at radius 3 is 2.63 bits per heavy atom. The molecule has 0 radical (unpaired) electrons. The highest BCUT2D eigenvalue weighted by Crippen LogP contribution is 2.19. The van der Waals surface area contributed by atoms with Crippen LogP contribution in [0.25, 0.3) is 0 Å². The third-order valence-electron chi connectivity index (χ3n) is 2.86. The van der Waals surface area contributed by atoms with E-state index >= 15 is 0 Å². The first-order valence-corrected chi connectivity index (χ1v) is 8.78. The molecular weight excluding hydrogens is 286 g/mol. The second kappa shape index (κ2) is 6.74. The standard InChI is InChI=1S/C11H21N3O3S2/c1-8(18-4)7-12-19(16,17)11-9(2)13-14(5-6-15)10(11)3/h8,12,15H,5-7H2,1-4H3. The highest BCUT2D eigenvalue weighted by molar-refractivity contribution is 7.99. The van der Waals surface area contributed by atoms with E-state index in [1.807, 2.05) is 13.2 Å². The van der Waals surface area contributed by atoms with Gasteiger partial charge in [0.2, 0.25) is 10.0 Å². The molecule has 0 fully saturated rings. The first kappa shape index (κ1) is 16.5. The average Bonchev–Trinajstić information content (AvgIpc) is 2.62. The first-order valence-electron chi connectivity index (χ1n) is 6.00. The fourth-order valence-corrected chi connectivity index (χ4v) is 3.66. The van der Waals surface area contributed by atoms with Gasteiger partial charge in [-0.2, -0.15) is 16.9 Å². The fourth-order valence-electron chi connectivity index (χ4n) is 1.76. The Morgan fingerprint density at radius 2 is 2.11 bits per heavy atom. The molecule has 1 aromatic heterocycles. The van der Waals surface area contributed by atoms with E-state index in [-0.39, 0.29) is 16.8 Å². The molecule has 1 rings (SSSR count). The molecule has 0 aromatic carbocycles. The maximum atomic E-state index is 12.3. The van der Waals surface area contributed by atoms with Crippen molar-refractivity contribution in [1.82, 2.24) is 14.5 Å². The zero-order valence-corrected chi connectivity index (χ0v) is 13.3. The predicted molar refractivity (Wildman–Crippen MR) is 77.0 cm³/mol. The monoisotopic (exact) mass is 307 g/mol. The van der Waals surface area contributed by atoms with E-state index in [2.05, 4.69) is 9.82 Å². The molecule has 0 spiro atoms. The minimum absolute atomic E-state index is 0.0710. The molecule has 0 amide bonds. The Hall–Kier alpha value is -0.570. The zero-order chi connectivity index (χ0) is 14.6. The van der Waals surface area contributed by atoms with Gasteiger partial charge in [-0.05, 0) is 20.1 Å². The van der Waals surface area contributed by atoms with Gasteiger partial charge in [-0.15, -0.1) is 0 Å². The van der Waals surface area contributed by atoms with Crippen LogP contribution in [0.4, 0.5) is 0 Å². The fraction of sp³-hybridized carbons (Fsp3) is 0.727. The highest BCUT2D eigenvalue weighted by atomic mass is 32.2. The number of nitrogens with one attached hydrogen (secondary N) is 1. The normalized spacial score (nSPS) is 13.7. The molecule has 0 aliphatic rings. The van der Waals surface area contributed by atoms with Crippen molar-refractivity contribution >= 4 is 21.8 Å². The number of rotatable bonds is 7. The van der Waals surface area contributed by atoms with Gasteiger partial charge < -0.3 is 5.11 Å². The van der Waals surface area contributed by atoms with Gasteiger partial charge in [-0.1, -0.05) is 6.92 Å². The Bertz CT molecular complexity index is 526. The largest absolute Gasteiger partial charge is 0.394 e. The van der Waals surface area contributed by atoms with Gasteiger partial charge >= 0.3 is 0 Å². The molecule has 8 heteroatoms. The number of hydrogen-bond acceptors (Lipinski definition) is 5. The molecule has 1 atom stereocenters. The summed E-state index contributed by atoms with van der Waals surface area (Å²) in [5.41, 5.74) is 1.01. The Labute approximate surface area is 118 Å². The molecule has 0 saturated carbocycles. The Kier molecular flexibility index (Phi) is 5.84. The van der Waals surface area contributed by atoms with Crippen LogP contribution in [0.2, 0.25) is 0 Å². The molecule has 19 heavy (non-hydrogen) atoms. The van der Waals surface area contributed by atoms with E-state index in [4.69, 9.17) is 5.11 Å². The Morgan fingerprint density at radius 1 is 1.47 bits per heavy atom. The number of thioether (sulfide) groups is 1. The molecule has 110 valence electrons. The van der Waals surface area contributed by atoms with E-state index in [0.717, 1.165) is 0 Å². The summed E-state index contributed by atoms with van der Waals surface area (Å²) in [5, 5.41) is 13.3. The van der Waals surface area contributed by atoms with Crippen molar-refractivity contribution in [3.05, 3.63) is 11.4 Å². The lowest BCUT2D eigenvalue weighted by molar-refractivity contribution is 0.267. The van der Waals surface area contributed by atoms with Crippen LogP contribution in [0.5, 0.6) is 0 Å². The molecule has 1 heterocycles. The summed E-state index contributed by atoms with van der Waals surface area (Å²) in [6.45, 7) is 5.92. The summed E-state index contributed by atoms with van der Waals surface area (Å²) < 4.78 is 28.7. The zero-order valence-electron chi connectivity index (χ0n) is 11.7. The van der Waals surface area contributed by atoms with Gasteiger partial charge in [-0.25, -0.2) is 13.1 Å².